The molecule has 27 heavy (non-hydrogen) atoms. The lowest BCUT2D eigenvalue weighted by Gasteiger charge is -2.21. The van der Waals surface area contributed by atoms with E-state index in [-0.39, 0.29) is 11.7 Å². The molecular weight excluding hydrogens is 339 g/mol. The van der Waals surface area contributed by atoms with E-state index in [4.69, 9.17) is 0 Å². The predicted molar refractivity (Wildman–Crippen MR) is 113 cm³/mol. The summed E-state index contributed by atoms with van der Waals surface area (Å²) in [6, 6.07) is 4.99. The molecular formula is C22H33FN4. The average molecular weight is 373 g/mol. The molecule has 1 atom stereocenters. The lowest BCUT2D eigenvalue weighted by atomic mass is 9.89. The number of aromatic nitrogens is 2. The van der Waals surface area contributed by atoms with E-state index in [0.717, 1.165) is 62.1 Å². The van der Waals surface area contributed by atoms with Crippen molar-refractivity contribution in [2.24, 2.45) is 0 Å². The molecule has 0 spiro atoms. The van der Waals surface area contributed by atoms with Gasteiger partial charge in [0.05, 0.1) is 24.1 Å². The summed E-state index contributed by atoms with van der Waals surface area (Å²) in [5, 5.41) is 11.3. The quantitative estimate of drug-likeness (QED) is 0.560. The topological polar surface area (TPSA) is 41.9 Å². The molecule has 1 unspecified atom stereocenters. The summed E-state index contributed by atoms with van der Waals surface area (Å²) in [4.78, 5) is 0. The monoisotopic (exact) mass is 372 g/mol. The van der Waals surface area contributed by atoms with E-state index in [0.29, 0.717) is 0 Å². The van der Waals surface area contributed by atoms with Gasteiger partial charge in [0.15, 0.2) is 0 Å². The third-order valence-corrected chi connectivity index (χ3v) is 5.01. The molecule has 2 rings (SSSR count). The van der Waals surface area contributed by atoms with Crippen LogP contribution in [0, 0.1) is 5.82 Å². The second kappa shape index (κ2) is 10.9. The highest BCUT2D eigenvalue weighted by molar-refractivity contribution is 5.54. The Balaban J connectivity index is 2.19. The van der Waals surface area contributed by atoms with Gasteiger partial charge in [0, 0.05) is 19.0 Å². The number of hydrogen-bond donors (Lipinski definition) is 2. The van der Waals surface area contributed by atoms with Crippen LogP contribution in [0.5, 0.6) is 0 Å². The second-order valence-electron chi connectivity index (χ2n) is 6.88. The van der Waals surface area contributed by atoms with Crippen molar-refractivity contribution in [2.45, 2.75) is 52.0 Å². The molecule has 1 aromatic heterocycles. The lowest BCUT2D eigenvalue weighted by Crippen LogP contribution is -2.18. The summed E-state index contributed by atoms with van der Waals surface area (Å²) < 4.78 is 15.9. The Labute approximate surface area is 162 Å². The fourth-order valence-corrected chi connectivity index (χ4v) is 3.48. The zero-order valence-electron chi connectivity index (χ0n) is 16.9. The standard InChI is InChI=1S/C22H33FN4/c1-5-8-9-18(20-14-19(23)11-10-17(20)6-2)15-25-21-16-26-27(13-12-24-4)22(21)7-3/h6,10-11,14,16,18,24-25H,2,5,7-9,12-13,15H2,1,3-4H3. The molecule has 1 aromatic carbocycles. The highest BCUT2D eigenvalue weighted by atomic mass is 19.1. The van der Waals surface area contributed by atoms with Gasteiger partial charge in [-0.25, -0.2) is 4.39 Å². The first-order valence-electron chi connectivity index (χ1n) is 9.99. The van der Waals surface area contributed by atoms with E-state index in [1.165, 1.54) is 11.8 Å². The van der Waals surface area contributed by atoms with E-state index in [1.807, 2.05) is 25.4 Å². The van der Waals surface area contributed by atoms with Crippen LogP contribution in [0.15, 0.2) is 31.0 Å². The van der Waals surface area contributed by atoms with E-state index in [2.05, 4.69) is 40.8 Å². The maximum Gasteiger partial charge on any atom is 0.123 e. The molecule has 2 aromatic rings. The molecule has 0 fully saturated rings. The Hall–Kier alpha value is -2.14. The molecule has 0 aliphatic carbocycles. The SMILES string of the molecule is C=Cc1ccc(F)cc1C(CCCC)CNc1cnn(CCNC)c1CC. The van der Waals surface area contributed by atoms with Gasteiger partial charge in [-0.1, -0.05) is 45.4 Å². The Morgan fingerprint density at radius 3 is 2.81 bits per heavy atom. The van der Waals surface area contributed by atoms with E-state index < -0.39 is 0 Å². The van der Waals surface area contributed by atoms with Gasteiger partial charge in [-0.05, 0) is 43.1 Å². The van der Waals surface area contributed by atoms with Crippen molar-refractivity contribution >= 4 is 11.8 Å². The normalized spacial score (nSPS) is 12.1. The lowest BCUT2D eigenvalue weighted by molar-refractivity contribution is 0.563. The number of hydrogen-bond acceptors (Lipinski definition) is 3. The molecule has 0 radical (unpaired) electrons. The summed E-state index contributed by atoms with van der Waals surface area (Å²) in [7, 11) is 1.95. The van der Waals surface area contributed by atoms with Crippen LogP contribution in [-0.2, 0) is 13.0 Å². The van der Waals surface area contributed by atoms with Crippen LogP contribution >= 0.6 is 0 Å². The van der Waals surface area contributed by atoms with Crippen molar-refractivity contribution in [1.82, 2.24) is 15.1 Å². The molecule has 0 saturated heterocycles. The van der Waals surface area contributed by atoms with E-state index in [1.54, 1.807) is 6.07 Å². The highest BCUT2D eigenvalue weighted by Gasteiger charge is 2.17. The molecule has 4 nitrogen and oxygen atoms in total. The molecule has 0 saturated carbocycles. The smallest absolute Gasteiger partial charge is 0.123 e. The van der Waals surface area contributed by atoms with Crippen LogP contribution in [0.2, 0.25) is 0 Å². The average Bonchev–Trinajstić information content (AvgIpc) is 3.08. The van der Waals surface area contributed by atoms with Crippen molar-refractivity contribution in [3.05, 3.63) is 53.6 Å². The Morgan fingerprint density at radius 2 is 2.15 bits per heavy atom. The summed E-state index contributed by atoms with van der Waals surface area (Å²) in [6.45, 7) is 10.7. The number of likely N-dealkylation sites (N-methyl/N-ethyl adjacent to an activating group) is 1. The van der Waals surface area contributed by atoms with E-state index >= 15 is 0 Å². The largest absolute Gasteiger partial charge is 0.382 e. The highest BCUT2D eigenvalue weighted by Crippen LogP contribution is 2.28. The first kappa shape index (κ1) is 21.2. The van der Waals surface area contributed by atoms with Gasteiger partial charge in [0.2, 0.25) is 0 Å². The minimum Gasteiger partial charge on any atom is -0.382 e. The number of anilines is 1. The molecule has 5 heteroatoms. The molecule has 0 amide bonds. The minimum atomic E-state index is -0.189. The molecule has 148 valence electrons. The molecule has 0 bridgehead atoms. The van der Waals surface area contributed by atoms with Crippen LogP contribution in [0.3, 0.4) is 0 Å². The number of rotatable bonds is 12. The van der Waals surface area contributed by atoms with Gasteiger partial charge in [-0.3, -0.25) is 4.68 Å². The van der Waals surface area contributed by atoms with Crippen LogP contribution in [-0.4, -0.2) is 29.9 Å². The Bertz CT molecular complexity index is 723. The van der Waals surface area contributed by atoms with Crippen LogP contribution in [0.25, 0.3) is 6.08 Å². The number of benzene rings is 1. The maximum atomic E-state index is 13.9. The van der Waals surface area contributed by atoms with Gasteiger partial charge in [-0.2, -0.15) is 5.10 Å². The summed E-state index contributed by atoms with van der Waals surface area (Å²) in [6.07, 6.45) is 7.90. The van der Waals surface area contributed by atoms with Crippen molar-refractivity contribution in [3.63, 3.8) is 0 Å². The first-order chi connectivity index (χ1) is 13.1. The van der Waals surface area contributed by atoms with Crippen LogP contribution < -0.4 is 10.6 Å². The van der Waals surface area contributed by atoms with Crippen molar-refractivity contribution < 1.29 is 4.39 Å². The molecule has 2 N–H and O–H groups in total. The van der Waals surface area contributed by atoms with Crippen LogP contribution in [0.1, 0.15) is 55.8 Å². The van der Waals surface area contributed by atoms with Gasteiger partial charge in [0.1, 0.15) is 5.82 Å². The third kappa shape index (κ3) is 5.67. The maximum absolute atomic E-state index is 13.9. The number of nitrogens with one attached hydrogen (secondary N) is 2. The van der Waals surface area contributed by atoms with Crippen molar-refractivity contribution in [3.8, 4) is 0 Å². The predicted octanol–water partition coefficient (Wildman–Crippen LogP) is 4.83. The van der Waals surface area contributed by atoms with Crippen LogP contribution in [0.4, 0.5) is 10.1 Å². The fourth-order valence-electron chi connectivity index (χ4n) is 3.48. The number of unbranched alkanes of at least 4 members (excludes halogenated alkanes) is 1. The Kier molecular flexibility index (Phi) is 8.52. The molecule has 0 aliphatic heterocycles. The van der Waals surface area contributed by atoms with Gasteiger partial charge in [-0.15, -0.1) is 0 Å². The minimum absolute atomic E-state index is 0.189. The van der Waals surface area contributed by atoms with Gasteiger partial charge in [0.25, 0.3) is 0 Å². The molecule has 1 heterocycles. The zero-order valence-corrected chi connectivity index (χ0v) is 16.9. The second-order valence-corrected chi connectivity index (χ2v) is 6.88. The molecule has 0 aliphatic rings. The van der Waals surface area contributed by atoms with Gasteiger partial charge < -0.3 is 10.6 Å². The van der Waals surface area contributed by atoms with E-state index in [9.17, 15) is 4.39 Å². The summed E-state index contributed by atoms with van der Waals surface area (Å²) in [5.41, 5.74) is 4.33. The number of halogens is 1. The summed E-state index contributed by atoms with van der Waals surface area (Å²) in [5.74, 6) is 0.0465. The Morgan fingerprint density at radius 1 is 1.33 bits per heavy atom. The zero-order chi connectivity index (χ0) is 19.6. The van der Waals surface area contributed by atoms with Crippen molar-refractivity contribution in [1.29, 1.82) is 0 Å². The summed E-state index contributed by atoms with van der Waals surface area (Å²) >= 11 is 0. The third-order valence-electron chi connectivity index (χ3n) is 5.01. The first-order valence-corrected chi connectivity index (χ1v) is 9.99. The van der Waals surface area contributed by atoms with Gasteiger partial charge >= 0.3 is 0 Å². The fraction of sp³-hybridized carbons (Fsp3) is 0.500. The van der Waals surface area contributed by atoms with Crippen molar-refractivity contribution in [2.75, 3.05) is 25.5 Å². The number of nitrogens with zero attached hydrogens (tertiary/aromatic N) is 2.